The molecular weight excluding hydrogens is 213 g/mol. The van der Waals surface area contributed by atoms with Crippen molar-refractivity contribution in [1.29, 1.82) is 0 Å². The molecule has 1 nitrogen and oxygen atoms in total. The summed E-state index contributed by atoms with van der Waals surface area (Å²) in [6, 6.07) is 4.27. The van der Waals surface area contributed by atoms with Gasteiger partial charge in [-0.05, 0) is 43.5 Å². The van der Waals surface area contributed by atoms with Gasteiger partial charge in [0.15, 0.2) is 0 Å². The van der Waals surface area contributed by atoms with Crippen molar-refractivity contribution >= 4 is 0 Å². The maximum atomic E-state index is 13.6. The molecule has 1 rings (SSSR count). The normalized spacial score (nSPS) is 13.1. The van der Waals surface area contributed by atoms with E-state index >= 15 is 0 Å². The number of hydrogen-bond donors (Lipinski definition) is 1. The van der Waals surface area contributed by atoms with Crippen LogP contribution in [0.4, 0.5) is 4.39 Å². The molecule has 0 aliphatic rings. The Balaban J connectivity index is 3.12. The van der Waals surface area contributed by atoms with Gasteiger partial charge >= 0.3 is 0 Å². The summed E-state index contributed by atoms with van der Waals surface area (Å²) in [7, 11) is 1.98. The molecule has 0 aromatic heterocycles. The van der Waals surface area contributed by atoms with E-state index in [1.54, 1.807) is 0 Å². The van der Waals surface area contributed by atoms with Crippen molar-refractivity contribution in [2.24, 2.45) is 5.92 Å². The minimum Gasteiger partial charge on any atom is -0.313 e. The van der Waals surface area contributed by atoms with Gasteiger partial charge in [0.25, 0.3) is 0 Å². The number of rotatable bonds is 5. The van der Waals surface area contributed by atoms with Gasteiger partial charge in [-0.3, -0.25) is 0 Å². The second kappa shape index (κ2) is 6.15. The molecular formula is C15H24FN. The van der Waals surface area contributed by atoms with Crippen molar-refractivity contribution in [2.45, 2.75) is 46.6 Å². The molecule has 0 fully saturated rings. The van der Waals surface area contributed by atoms with E-state index < -0.39 is 0 Å². The van der Waals surface area contributed by atoms with Gasteiger partial charge in [0, 0.05) is 6.04 Å². The first-order valence-corrected chi connectivity index (χ1v) is 6.49. The number of nitrogens with one attached hydrogen (secondary N) is 1. The second-order valence-electron chi connectivity index (χ2n) is 4.81. The smallest absolute Gasteiger partial charge is 0.129 e. The van der Waals surface area contributed by atoms with E-state index in [9.17, 15) is 4.39 Å². The number of aryl methyl sites for hydroxylation is 2. The maximum absolute atomic E-state index is 13.6. The molecule has 1 unspecified atom stereocenters. The van der Waals surface area contributed by atoms with Crippen LogP contribution in [0.25, 0.3) is 0 Å². The molecule has 0 saturated carbocycles. The van der Waals surface area contributed by atoms with Gasteiger partial charge in [-0.15, -0.1) is 0 Å². The highest BCUT2D eigenvalue weighted by atomic mass is 19.1. The topological polar surface area (TPSA) is 12.0 Å². The summed E-state index contributed by atoms with van der Waals surface area (Å²) >= 11 is 0. The second-order valence-corrected chi connectivity index (χ2v) is 4.81. The Hall–Kier alpha value is -0.890. The predicted octanol–water partition coefficient (Wildman–Crippen LogP) is 4.14. The summed E-state index contributed by atoms with van der Waals surface area (Å²) < 4.78 is 13.6. The molecule has 1 N–H and O–H groups in total. The molecule has 0 aliphatic heterocycles. The Bertz CT molecular complexity index is 346. The third kappa shape index (κ3) is 3.06. The lowest BCUT2D eigenvalue weighted by molar-refractivity contribution is 0.359. The molecule has 2 heteroatoms. The standard InChI is InChI=1S/C15H24FN/c1-6-12(7-2)15(17-5)13-8-10(3)14(16)11(4)9-13/h8-9,12,15,17H,6-7H2,1-5H3. The van der Waals surface area contributed by atoms with Crippen molar-refractivity contribution in [3.05, 3.63) is 34.6 Å². The molecule has 1 aromatic carbocycles. The lowest BCUT2D eigenvalue weighted by atomic mass is 9.87. The summed E-state index contributed by atoms with van der Waals surface area (Å²) in [5.74, 6) is 0.525. The van der Waals surface area contributed by atoms with Crippen molar-refractivity contribution in [3.63, 3.8) is 0 Å². The molecule has 1 atom stereocenters. The Morgan fingerprint density at radius 2 is 1.59 bits per heavy atom. The number of halogens is 1. The van der Waals surface area contributed by atoms with Crippen molar-refractivity contribution < 1.29 is 4.39 Å². The summed E-state index contributed by atoms with van der Waals surface area (Å²) in [4.78, 5) is 0. The lowest BCUT2D eigenvalue weighted by Gasteiger charge is -2.26. The molecule has 96 valence electrons. The van der Waals surface area contributed by atoms with Crippen LogP contribution >= 0.6 is 0 Å². The zero-order valence-electron chi connectivity index (χ0n) is 11.6. The molecule has 0 amide bonds. The molecule has 1 aromatic rings. The lowest BCUT2D eigenvalue weighted by Crippen LogP contribution is -2.25. The monoisotopic (exact) mass is 237 g/mol. The van der Waals surface area contributed by atoms with Crippen LogP contribution in [-0.4, -0.2) is 7.05 Å². The fourth-order valence-corrected chi connectivity index (χ4v) is 2.59. The zero-order valence-corrected chi connectivity index (χ0v) is 11.6. The van der Waals surface area contributed by atoms with E-state index in [1.807, 2.05) is 33.0 Å². The molecule has 0 bridgehead atoms. The van der Waals surface area contributed by atoms with Crippen LogP contribution in [0.5, 0.6) is 0 Å². The average Bonchev–Trinajstić information content (AvgIpc) is 2.32. The summed E-state index contributed by atoms with van der Waals surface area (Å²) in [5.41, 5.74) is 2.69. The highest BCUT2D eigenvalue weighted by molar-refractivity contribution is 5.32. The van der Waals surface area contributed by atoms with E-state index in [0.29, 0.717) is 12.0 Å². The van der Waals surface area contributed by atoms with E-state index in [0.717, 1.165) is 24.0 Å². The molecule has 0 radical (unpaired) electrons. The van der Waals surface area contributed by atoms with Crippen LogP contribution in [0.3, 0.4) is 0 Å². The van der Waals surface area contributed by atoms with E-state index in [1.165, 1.54) is 5.56 Å². The van der Waals surface area contributed by atoms with Crippen LogP contribution < -0.4 is 5.32 Å². The third-order valence-electron chi connectivity index (χ3n) is 3.65. The van der Waals surface area contributed by atoms with Gasteiger partial charge in [0.05, 0.1) is 0 Å². The highest BCUT2D eigenvalue weighted by Gasteiger charge is 2.19. The van der Waals surface area contributed by atoms with Crippen LogP contribution in [-0.2, 0) is 0 Å². The van der Waals surface area contributed by atoms with Crippen LogP contribution in [0.1, 0.15) is 49.4 Å². The number of benzene rings is 1. The maximum Gasteiger partial charge on any atom is 0.129 e. The third-order valence-corrected chi connectivity index (χ3v) is 3.65. The van der Waals surface area contributed by atoms with Crippen LogP contribution in [0.2, 0.25) is 0 Å². The Morgan fingerprint density at radius 1 is 1.12 bits per heavy atom. The zero-order chi connectivity index (χ0) is 13.0. The van der Waals surface area contributed by atoms with Gasteiger partial charge in [-0.25, -0.2) is 4.39 Å². The predicted molar refractivity (Wildman–Crippen MR) is 71.7 cm³/mol. The van der Waals surface area contributed by atoms with Crippen LogP contribution in [0.15, 0.2) is 12.1 Å². The molecule has 0 aliphatic carbocycles. The minimum atomic E-state index is -0.0758. The van der Waals surface area contributed by atoms with E-state index in [4.69, 9.17) is 0 Å². The quantitative estimate of drug-likeness (QED) is 0.811. The summed E-state index contributed by atoms with van der Waals surface area (Å²) in [6.07, 6.45) is 2.27. The fraction of sp³-hybridized carbons (Fsp3) is 0.600. The van der Waals surface area contributed by atoms with Gasteiger partial charge in [-0.1, -0.05) is 38.8 Å². The molecule has 0 heterocycles. The first-order valence-electron chi connectivity index (χ1n) is 6.49. The van der Waals surface area contributed by atoms with Crippen molar-refractivity contribution in [3.8, 4) is 0 Å². The van der Waals surface area contributed by atoms with Gasteiger partial charge in [0.1, 0.15) is 5.82 Å². The van der Waals surface area contributed by atoms with Gasteiger partial charge < -0.3 is 5.32 Å². The molecule has 0 saturated heterocycles. The SMILES string of the molecule is CCC(CC)C(NC)c1cc(C)c(F)c(C)c1. The summed E-state index contributed by atoms with van der Waals surface area (Å²) in [6.45, 7) is 8.10. The minimum absolute atomic E-state index is 0.0758. The average molecular weight is 237 g/mol. The molecule has 17 heavy (non-hydrogen) atoms. The first-order chi connectivity index (χ1) is 8.04. The van der Waals surface area contributed by atoms with Gasteiger partial charge in [0.2, 0.25) is 0 Å². The first kappa shape index (κ1) is 14.2. The Labute approximate surface area is 104 Å². The Morgan fingerprint density at radius 3 is 1.94 bits per heavy atom. The largest absolute Gasteiger partial charge is 0.313 e. The number of hydrogen-bond acceptors (Lipinski definition) is 1. The van der Waals surface area contributed by atoms with Crippen LogP contribution in [0, 0.1) is 25.6 Å². The van der Waals surface area contributed by atoms with Crippen molar-refractivity contribution in [1.82, 2.24) is 5.32 Å². The summed E-state index contributed by atoms with van der Waals surface area (Å²) in [5, 5.41) is 3.37. The van der Waals surface area contributed by atoms with E-state index in [-0.39, 0.29) is 5.82 Å². The van der Waals surface area contributed by atoms with Gasteiger partial charge in [-0.2, -0.15) is 0 Å². The highest BCUT2D eigenvalue weighted by Crippen LogP contribution is 2.29. The molecule has 0 spiro atoms. The van der Waals surface area contributed by atoms with E-state index in [2.05, 4.69) is 19.2 Å². The van der Waals surface area contributed by atoms with Crippen molar-refractivity contribution in [2.75, 3.05) is 7.05 Å². The fourth-order valence-electron chi connectivity index (χ4n) is 2.59. The Kier molecular flexibility index (Phi) is 5.13.